The van der Waals surface area contributed by atoms with Crippen molar-refractivity contribution in [2.75, 3.05) is 0 Å². The first kappa shape index (κ1) is 13.4. The van der Waals surface area contributed by atoms with Crippen LogP contribution in [0.5, 0.6) is 0 Å². The highest BCUT2D eigenvalue weighted by atomic mass is 16.1. The van der Waals surface area contributed by atoms with Crippen LogP contribution in [0.15, 0.2) is 59.8 Å². The first-order chi connectivity index (χ1) is 10.7. The average Bonchev–Trinajstić information content (AvgIpc) is 2.94. The predicted molar refractivity (Wildman–Crippen MR) is 81.5 cm³/mol. The molecule has 1 amide bonds. The second kappa shape index (κ2) is 5.44. The lowest BCUT2D eigenvalue weighted by Crippen LogP contribution is -1.99. The van der Waals surface area contributed by atoms with Gasteiger partial charge in [-0.25, -0.2) is 0 Å². The molecule has 0 saturated heterocycles. The third-order valence-electron chi connectivity index (χ3n) is 3.34. The van der Waals surface area contributed by atoms with Crippen molar-refractivity contribution >= 4 is 16.7 Å². The number of fused-ring (bicyclic) bond motifs is 1. The maximum absolute atomic E-state index is 11.7. The maximum Gasteiger partial charge on any atom is 0.249 e. The van der Waals surface area contributed by atoms with E-state index in [0.29, 0.717) is 11.4 Å². The van der Waals surface area contributed by atoms with Gasteiger partial charge in [-0.15, -0.1) is 0 Å². The van der Waals surface area contributed by atoms with Gasteiger partial charge in [-0.05, 0) is 22.8 Å². The van der Waals surface area contributed by atoms with Crippen LogP contribution in [0.1, 0.15) is 16.1 Å². The van der Waals surface area contributed by atoms with Crippen LogP contribution in [0.4, 0.5) is 0 Å². The molecule has 6 nitrogen and oxygen atoms in total. The van der Waals surface area contributed by atoms with Crippen LogP contribution in [0.2, 0.25) is 0 Å². The molecule has 0 saturated carbocycles. The molecule has 0 bridgehead atoms. The van der Waals surface area contributed by atoms with Gasteiger partial charge in [0.25, 0.3) is 0 Å². The molecule has 0 spiro atoms. The molecule has 3 aromatic rings. The summed E-state index contributed by atoms with van der Waals surface area (Å²) in [4.78, 5) is 14.2. The first-order valence-electron chi connectivity index (χ1n) is 6.44. The van der Waals surface area contributed by atoms with Gasteiger partial charge in [0.1, 0.15) is 11.8 Å². The van der Waals surface area contributed by atoms with Gasteiger partial charge in [-0.2, -0.15) is 5.26 Å². The molecule has 2 aromatic carbocycles. The van der Waals surface area contributed by atoms with E-state index in [4.69, 9.17) is 5.53 Å². The molecule has 0 radical (unpaired) electrons. The molecule has 0 fully saturated rings. The summed E-state index contributed by atoms with van der Waals surface area (Å²) in [5, 5.41) is 14.3. The number of rotatable bonds is 2. The summed E-state index contributed by atoms with van der Waals surface area (Å²) in [6, 6.07) is 16.4. The van der Waals surface area contributed by atoms with Crippen LogP contribution >= 0.6 is 0 Å². The van der Waals surface area contributed by atoms with E-state index in [1.807, 2.05) is 30.5 Å². The Morgan fingerprint density at radius 3 is 2.82 bits per heavy atom. The molecule has 1 aromatic heterocycles. The number of amides is 1. The number of hydrogen-bond acceptors (Lipinski definition) is 2. The van der Waals surface area contributed by atoms with Crippen molar-refractivity contribution < 1.29 is 4.79 Å². The molecule has 0 unspecified atom stereocenters. The van der Waals surface area contributed by atoms with Crippen molar-refractivity contribution in [1.82, 2.24) is 4.57 Å². The molecular weight excluding hydrogens is 278 g/mol. The Morgan fingerprint density at radius 1 is 1.23 bits per heavy atom. The summed E-state index contributed by atoms with van der Waals surface area (Å²) in [5.41, 5.74) is 9.77. The minimum absolute atomic E-state index is 0.275. The number of aromatic nitrogens is 1. The maximum atomic E-state index is 11.7. The van der Waals surface area contributed by atoms with E-state index in [-0.39, 0.29) is 5.56 Å². The van der Waals surface area contributed by atoms with Gasteiger partial charge < -0.3 is 4.57 Å². The van der Waals surface area contributed by atoms with Gasteiger partial charge in [-0.1, -0.05) is 36.4 Å². The lowest BCUT2D eigenvalue weighted by Gasteiger charge is -2.06. The molecule has 6 heteroatoms. The second-order valence-electron chi connectivity index (χ2n) is 4.59. The standard InChI is InChI=1S/C16H9N5O/c17-9-15-14-7-2-1-4-12(14)10-21(15)13-6-3-5-11(8-13)16(22)19-20-18/h1-8,10H. The Kier molecular flexibility index (Phi) is 3.32. The molecule has 22 heavy (non-hydrogen) atoms. The fourth-order valence-electron chi connectivity index (χ4n) is 2.36. The van der Waals surface area contributed by atoms with Gasteiger partial charge in [0, 0.05) is 33.1 Å². The van der Waals surface area contributed by atoms with Crippen molar-refractivity contribution in [2.45, 2.75) is 0 Å². The predicted octanol–water partition coefficient (Wildman–Crippen LogP) is 3.95. The van der Waals surface area contributed by atoms with Crippen LogP contribution in [0.25, 0.3) is 26.9 Å². The van der Waals surface area contributed by atoms with Gasteiger partial charge in [0.15, 0.2) is 0 Å². The van der Waals surface area contributed by atoms with Gasteiger partial charge >= 0.3 is 0 Å². The van der Waals surface area contributed by atoms with Gasteiger partial charge in [0.2, 0.25) is 5.91 Å². The van der Waals surface area contributed by atoms with Crippen LogP contribution < -0.4 is 0 Å². The second-order valence-corrected chi connectivity index (χ2v) is 4.59. The summed E-state index contributed by atoms with van der Waals surface area (Å²) in [5.74, 6) is -0.653. The highest BCUT2D eigenvalue weighted by molar-refractivity contribution is 5.95. The molecule has 1 heterocycles. The monoisotopic (exact) mass is 287 g/mol. The summed E-state index contributed by atoms with van der Waals surface area (Å²) >= 11 is 0. The van der Waals surface area contributed by atoms with Crippen LogP contribution in [-0.2, 0) is 0 Å². The molecule has 0 N–H and O–H groups in total. The van der Waals surface area contributed by atoms with E-state index < -0.39 is 5.91 Å². The van der Waals surface area contributed by atoms with E-state index in [1.54, 1.807) is 28.8 Å². The topological polar surface area (TPSA) is 94.5 Å². The fraction of sp³-hybridized carbons (Fsp3) is 0. The number of hydrogen-bond donors (Lipinski definition) is 0. The summed E-state index contributed by atoms with van der Waals surface area (Å²) < 4.78 is 1.72. The highest BCUT2D eigenvalue weighted by Gasteiger charge is 2.11. The van der Waals surface area contributed by atoms with Crippen molar-refractivity contribution in [2.24, 2.45) is 5.11 Å². The smallest absolute Gasteiger partial charge is 0.249 e. The minimum Gasteiger partial charge on any atom is -0.307 e. The number of benzene rings is 2. The van der Waals surface area contributed by atoms with Crippen LogP contribution in [0.3, 0.4) is 0 Å². The number of nitrogens with zero attached hydrogens (tertiary/aromatic N) is 5. The molecular formula is C16H9N5O. The molecule has 0 aliphatic heterocycles. The third-order valence-corrected chi connectivity index (χ3v) is 3.34. The quantitative estimate of drug-likeness (QED) is 0.405. The Labute approximate surface area is 125 Å². The fourth-order valence-corrected chi connectivity index (χ4v) is 2.36. The Bertz CT molecular complexity index is 974. The van der Waals surface area contributed by atoms with Crippen molar-refractivity contribution in [3.8, 4) is 11.8 Å². The van der Waals surface area contributed by atoms with E-state index in [0.717, 1.165) is 10.8 Å². The Balaban J connectivity index is 2.20. The molecule has 3 rings (SSSR count). The van der Waals surface area contributed by atoms with Crippen molar-refractivity contribution in [3.05, 3.63) is 76.4 Å². The van der Waals surface area contributed by atoms with Crippen LogP contribution in [0, 0.1) is 11.3 Å². The number of carbonyl (C=O) groups is 1. The number of nitriles is 1. The first-order valence-corrected chi connectivity index (χ1v) is 6.44. The normalized spacial score (nSPS) is 9.95. The summed E-state index contributed by atoms with van der Waals surface area (Å²) in [6.45, 7) is 0. The van der Waals surface area contributed by atoms with E-state index in [2.05, 4.69) is 16.1 Å². The summed E-state index contributed by atoms with van der Waals surface area (Å²) in [7, 11) is 0. The van der Waals surface area contributed by atoms with E-state index in [9.17, 15) is 10.1 Å². The summed E-state index contributed by atoms with van der Waals surface area (Å²) in [6.07, 6.45) is 1.84. The SMILES string of the molecule is N#Cc1c2ccccc2cn1-c1cccc(C(=O)N=[N+]=[N-])c1. The van der Waals surface area contributed by atoms with Crippen LogP contribution in [-0.4, -0.2) is 10.5 Å². The zero-order chi connectivity index (χ0) is 15.5. The molecule has 0 aliphatic rings. The van der Waals surface area contributed by atoms with Gasteiger partial charge in [-0.3, -0.25) is 4.79 Å². The number of carbonyl (C=O) groups excluding carboxylic acids is 1. The zero-order valence-electron chi connectivity index (χ0n) is 11.3. The highest BCUT2D eigenvalue weighted by Crippen LogP contribution is 2.24. The number of azide groups is 1. The van der Waals surface area contributed by atoms with E-state index >= 15 is 0 Å². The average molecular weight is 287 g/mol. The largest absolute Gasteiger partial charge is 0.307 e. The minimum atomic E-state index is -0.653. The molecule has 104 valence electrons. The Hall–Kier alpha value is -3.55. The lowest BCUT2D eigenvalue weighted by atomic mass is 10.2. The van der Waals surface area contributed by atoms with Gasteiger partial charge in [0.05, 0.1) is 0 Å². The van der Waals surface area contributed by atoms with E-state index in [1.165, 1.54) is 0 Å². The Morgan fingerprint density at radius 2 is 2.05 bits per heavy atom. The zero-order valence-corrected chi connectivity index (χ0v) is 11.3. The van der Waals surface area contributed by atoms with Crippen molar-refractivity contribution in [3.63, 3.8) is 0 Å². The van der Waals surface area contributed by atoms with Crippen molar-refractivity contribution in [1.29, 1.82) is 5.26 Å². The third kappa shape index (κ3) is 2.18. The molecule has 0 aliphatic carbocycles. The lowest BCUT2D eigenvalue weighted by molar-refractivity contribution is 0.100. The molecule has 0 atom stereocenters.